The molecule has 102 valence electrons. The molecule has 0 saturated carbocycles. The number of anilines is 1. The molecule has 1 aliphatic rings. The highest BCUT2D eigenvalue weighted by Crippen LogP contribution is 2.11. The first-order valence-electron chi connectivity index (χ1n) is 6.35. The fraction of sp³-hybridized carbons (Fsp3) is 0.462. The minimum Gasteiger partial charge on any atom is -0.462 e. The van der Waals surface area contributed by atoms with Crippen molar-refractivity contribution in [2.45, 2.75) is 25.8 Å². The van der Waals surface area contributed by atoms with E-state index in [4.69, 9.17) is 4.74 Å². The number of aromatic nitrogens is 1. The monoisotopic (exact) mass is 263 g/mol. The van der Waals surface area contributed by atoms with E-state index >= 15 is 0 Å². The molecular formula is C13H17N3O3. The highest BCUT2D eigenvalue weighted by Gasteiger charge is 2.18. The van der Waals surface area contributed by atoms with E-state index in [0.717, 1.165) is 6.42 Å². The minimum absolute atomic E-state index is 0.0867. The minimum atomic E-state index is -0.369. The summed E-state index contributed by atoms with van der Waals surface area (Å²) in [7, 11) is 0. The zero-order valence-electron chi connectivity index (χ0n) is 10.8. The van der Waals surface area contributed by atoms with Gasteiger partial charge < -0.3 is 15.4 Å². The van der Waals surface area contributed by atoms with E-state index in [-0.39, 0.29) is 17.9 Å². The van der Waals surface area contributed by atoms with E-state index < -0.39 is 0 Å². The number of rotatable bonds is 4. The quantitative estimate of drug-likeness (QED) is 0.790. The van der Waals surface area contributed by atoms with Gasteiger partial charge in [-0.1, -0.05) is 0 Å². The number of nitrogens with one attached hydrogen (secondary N) is 2. The fourth-order valence-corrected chi connectivity index (χ4v) is 1.88. The van der Waals surface area contributed by atoms with Gasteiger partial charge in [-0.3, -0.25) is 4.79 Å². The van der Waals surface area contributed by atoms with Crippen molar-refractivity contribution in [2.24, 2.45) is 0 Å². The van der Waals surface area contributed by atoms with Gasteiger partial charge in [0.1, 0.15) is 5.82 Å². The molecule has 1 atom stereocenters. The third-order valence-corrected chi connectivity index (χ3v) is 2.89. The smallest absolute Gasteiger partial charge is 0.339 e. The maximum Gasteiger partial charge on any atom is 0.339 e. The van der Waals surface area contributed by atoms with Gasteiger partial charge >= 0.3 is 5.97 Å². The van der Waals surface area contributed by atoms with Gasteiger partial charge in [-0.15, -0.1) is 0 Å². The Hall–Kier alpha value is -2.11. The summed E-state index contributed by atoms with van der Waals surface area (Å²) in [6.45, 7) is 2.71. The van der Waals surface area contributed by atoms with E-state index in [0.29, 0.717) is 31.0 Å². The maximum atomic E-state index is 11.5. The molecule has 0 spiro atoms. The Morgan fingerprint density at radius 3 is 3.00 bits per heavy atom. The van der Waals surface area contributed by atoms with Gasteiger partial charge in [0.15, 0.2) is 0 Å². The molecule has 1 aliphatic heterocycles. The number of hydrogen-bond acceptors (Lipinski definition) is 5. The number of pyridine rings is 1. The summed E-state index contributed by atoms with van der Waals surface area (Å²) in [6.07, 6.45) is 2.80. The van der Waals surface area contributed by atoms with Gasteiger partial charge in [-0.2, -0.15) is 0 Å². The summed E-state index contributed by atoms with van der Waals surface area (Å²) in [5.41, 5.74) is 0.435. The molecule has 0 aromatic carbocycles. The highest BCUT2D eigenvalue weighted by atomic mass is 16.5. The summed E-state index contributed by atoms with van der Waals surface area (Å²) >= 11 is 0. The normalized spacial score (nSPS) is 18.6. The lowest BCUT2D eigenvalue weighted by Gasteiger charge is -2.23. The summed E-state index contributed by atoms with van der Waals surface area (Å²) in [6, 6.07) is 3.59. The molecule has 2 N–H and O–H groups in total. The number of esters is 1. The Balaban J connectivity index is 1.91. The van der Waals surface area contributed by atoms with Crippen LogP contribution in [0, 0.1) is 0 Å². The lowest BCUT2D eigenvalue weighted by atomic mass is 10.1. The Labute approximate surface area is 111 Å². The maximum absolute atomic E-state index is 11.5. The second-order valence-corrected chi connectivity index (χ2v) is 4.34. The van der Waals surface area contributed by atoms with Gasteiger partial charge in [0.2, 0.25) is 5.91 Å². The van der Waals surface area contributed by atoms with Gasteiger partial charge in [0.25, 0.3) is 0 Å². The number of hydrogen-bond donors (Lipinski definition) is 2. The molecular weight excluding hydrogens is 246 g/mol. The number of piperidine rings is 1. The van der Waals surface area contributed by atoms with Crippen molar-refractivity contribution in [1.29, 1.82) is 0 Å². The van der Waals surface area contributed by atoms with Crippen LogP contribution in [0.3, 0.4) is 0 Å². The van der Waals surface area contributed by atoms with E-state index in [1.807, 2.05) is 0 Å². The van der Waals surface area contributed by atoms with Gasteiger partial charge in [-0.05, 0) is 25.5 Å². The first-order valence-corrected chi connectivity index (χ1v) is 6.35. The first-order chi connectivity index (χ1) is 9.19. The molecule has 2 rings (SSSR count). The van der Waals surface area contributed by atoms with Crippen LogP contribution >= 0.6 is 0 Å². The van der Waals surface area contributed by atoms with Gasteiger partial charge in [0.05, 0.1) is 12.2 Å². The predicted octanol–water partition coefficient (Wildman–Crippen LogP) is 0.949. The van der Waals surface area contributed by atoms with Crippen LogP contribution in [0.2, 0.25) is 0 Å². The molecule has 1 aromatic heterocycles. The Kier molecular flexibility index (Phi) is 4.33. The standard InChI is InChI=1S/C13H17N3O3/c1-2-19-13(18)9-3-5-11(14-7-9)16-10-4-6-12(17)15-8-10/h3,5,7,10H,2,4,6,8H2,1H3,(H,14,16)(H,15,17). The fourth-order valence-electron chi connectivity index (χ4n) is 1.88. The average molecular weight is 263 g/mol. The Morgan fingerprint density at radius 2 is 2.42 bits per heavy atom. The second kappa shape index (κ2) is 6.17. The number of nitrogens with zero attached hydrogens (tertiary/aromatic N) is 1. The molecule has 1 fully saturated rings. The van der Waals surface area contributed by atoms with E-state index in [9.17, 15) is 9.59 Å². The van der Waals surface area contributed by atoms with Crippen LogP contribution in [-0.4, -0.2) is 36.1 Å². The van der Waals surface area contributed by atoms with Crippen molar-refractivity contribution in [1.82, 2.24) is 10.3 Å². The van der Waals surface area contributed by atoms with Crippen LogP contribution in [0.25, 0.3) is 0 Å². The lowest BCUT2D eigenvalue weighted by Crippen LogP contribution is -2.42. The van der Waals surface area contributed by atoms with Crippen molar-refractivity contribution in [3.8, 4) is 0 Å². The SMILES string of the molecule is CCOC(=O)c1ccc(NC2CCC(=O)NC2)nc1. The molecule has 19 heavy (non-hydrogen) atoms. The molecule has 2 heterocycles. The van der Waals surface area contributed by atoms with Crippen LogP contribution in [0.15, 0.2) is 18.3 Å². The van der Waals surface area contributed by atoms with Crippen molar-refractivity contribution >= 4 is 17.7 Å². The summed E-state index contributed by atoms with van der Waals surface area (Å²) < 4.78 is 4.88. The zero-order valence-corrected chi connectivity index (χ0v) is 10.8. The van der Waals surface area contributed by atoms with E-state index in [2.05, 4.69) is 15.6 Å². The molecule has 6 nitrogen and oxygen atoms in total. The van der Waals surface area contributed by atoms with Crippen LogP contribution in [0.4, 0.5) is 5.82 Å². The van der Waals surface area contributed by atoms with Crippen LogP contribution < -0.4 is 10.6 Å². The molecule has 1 saturated heterocycles. The summed E-state index contributed by atoms with van der Waals surface area (Å²) in [5, 5.41) is 6.02. The summed E-state index contributed by atoms with van der Waals surface area (Å²) in [4.78, 5) is 26.7. The Morgan fingerprint density at radius 1 is 1.58 bits per heavy atom. The van der Waals surface area contributed by atoms with E-state index in [1.54, 1.807) is 19.1 Å². The molecule has 1 amide bonds. The number of ether oxygens (including phenoxy) is 1. The molecule has 1 aromatic rings. The van der Waals surface area contributed by atoms with Crippen LogP contribution in [0.5, 0.6) is 0 Å². The lowest BCUT2D eigenvalue weighted by molar-refractivity contribution is -0.122. The third-order valence-electron chi connectivity index (χ3n) is 2.89. The van der Waals surface area contributed by atoms with Crippen molar-refractivity contribution < 1.29 is 14.3 Å². The van der Waals surface area contributed by atoms with Crippen LogP contribution in [0.1, 0.15) is 30.1 Å². The first kappa shape index (κ1) is 13.3. The van der Waals surface area contributed by atoms with E-state index in [1.165, 1.54) is 6.20 Å². The average Bonchev–Trinajstić information content (AvgIpc) is 2.42. The molecule has 0 aliphatic carbocycles. The molecule has 1 unspecified atom stereocenters. The number of carbonyl (C=O) groups is 2. The number of carbonyl (C=O) groups excluding carboxylic acids is 2. The largest absolute Gasteiger partial charge is 0.462 e. The van der Waals surface area contributed by atoms with Crippen molar-refractivity contribution in [3.05, 3.63) is 23.9 Å². The van der Waals surface area contributed by atoms with Gasteiger partial charge in [0, 0.05) is 25.2 Å². The van der Waals surface area contributed by atoms with Gasteiger partial charge in [-0.25, -0.2) is 9.78 Å². The van der Waals surface area contributed by atoms with Crippen molar-refractivity contribution in [2.75, 3.05) is 18.5 Å². The summed E-state index contributed by atoms with van der Waals surface area (Å²) in [5.74, 6) is 0.407. The molecule has 6 heteroatoms. The van der Waals surface area contributed by atoms with Crippen molar-refractivity contribution in [3.63, 3.8) is 0 Å². The topological polar surface area (TPSA) is 80.3 Å². The molecule has 0 radical (unpaired) electrons. The molecule has 0 bridgehead atoms. The highest BCUT2D eigenvalue weighted by molar-refractivity contribution is 5.89. The predicted molar refractivity (Wildman–Crippen MR) is 69.8 cm³/mol. The second-order valence-electron chi connectivity index (χ2n) is 4.34. The number of amides is 1. The van der Waals surface area contributed by atoms with Crippen LogP contribution in [-0.2, 0) is 9.53 Å². The zero-order chi connectivity index (χ0) is 13.7. The Bertz CT molecular complexity index is 449. The third kappa shape index (κ3) is 3.67.